The maximum absolute atomic E-state index is 5.03. The van der Waals surface area contributed by atoms with Crippen molar-refractivity contribution >= 4 is 17.2 Å². The Morgan fingerprint density at radius 2 is 2.12 bits per heavy atom. The quantitative estimate of drug-likeness (QED) is 0.737. The summed E-state index contributed by atoms with van der Waals surface area (Å²) in [6, 6.07) is 10.9. The summed E-state index contributed by atoms with van der Waals surface area (Å²) in [7, 11) is 0. The van der Waals surface area contributed by atoms with Gasteiger partial charge in [-0.2, -0.15) is 5.10 Å². The minimum absolute atomic E-state index is 0.930. The highest BCUT2D eigenvalue weighted by Gasteiger charge is 2.21. The molecule has 2 aromatic heterocycles. The van der Waals surface area contributed by atoms with Crippen LogP contribution in [0.25, 0.3) is 5.69 Å². The molecule has 4 rings (SSSR count). The SMILES string of the molecule is Cc1ccc(-n2nc(Cc3cccs3)c3c2NCCCC3)c(C)c1. The monoisotopic (exact) mass is 337 g/mol. The molecule has 3 aromatic rings. The molecule has 1 N–H and O–H groups in total. The van der Waals surface area contributed by atoms with E-state index in [-0.39, 0.29) is 0 Å². The Kier molecular flexibility index (Phi) is 4.15. The molecule has 1 aromatic carbocycles. The van der Waals surface area contributed by atoms with E-state index in [1.165, 1.54) is 51.6 Å². The predicted molar refractivity (Wildman–Crippen MR) is 102 cm³/mol. The van der Waals surface area contributed by atoms with Crippen LogP contribution < -0.4 is 5.32 Å². The molecule has 0 amide bonds. The highest BCUT2D eigenvalue weighted by atomic mass is 32.1. The molecule has 0 aliphatic carbocycles. The zero-order valence-corrected chi connectivity index (χ0v) is 15.1. The van der Waals surface area contributed by atoms with Crippen molar-refractivity contribution in [1.82, 2.24) is 9.78 Å². The van der Waals surface area contributed by atoms with E-state index < -0.39 is 0 Å². The maximum Gasteiger partial charge on any atom is 0.133 e. The molecule has 0 atom stereocenters. The Bertz CT molecular complexity index is 846. The second-order valence-corrected chi connectivity index (χ2v) is 7.65. The predicted octanol–water partition coefficient (Wildman–Crippen LogP) is 4.89. The molecule has 1 aliphatic rings. The van der Waals surface area contributed by atoms with Gasteiger partial charge in [-0.25, -0.2) is 4.68 Å². The minimum Gasteiger partial charge on any atom is -0.370 e. The molecule has 3 heterocycles. The summed E-state index contributed by atoms with van der Waals surface area (Å²) < 4.78 is 2.14. The number of rotatable bonds is 3. The van der Waals surface area contributed by atoms with Crippen molar-refractivity contribution in [2.24, 2.45) is 0 Å². The normalized spacial score (nSPS) is 14.1. The number of hydrogen-bond acceptors (Lipinski definition) is 3. The third-order valence-electron chi connectivity index (χ3n) is 4.71. The average Bonchev–Trinajstić information content (AvgIpc) is 3.10. The van der Waals surface area contributed by atoms with Crippen LogP contribution in [0.5, 0.6) is 0 Å². The summed E-state index contributed by atoms with van der Waals surface area (Å²) in [5, 5.41) is 10.8. The zero-order valence-electron chi connectivity index (χ0n) is 14.3. The number of hydrogen-bond donors (Lipinski definition) is 1. The fraction of sp³-hybridized carbons (Fsp3) is 0.350. The van der Waals surface area contributed by atoms with Gasteiger partial charge in [-0.3, -0.25) is 0 Å². The molecule has 24 heavy (non-hydrogen) atoms. The van der Waals surface area contributed by atoms with E-state index in [1.807, 2.05) is 11.3 Å². The van der Waals surface area contributed by atoms with Crippen LogP contribution in [0.4, 0.5) is 5.82 Å². The molecule has 0 spiro atoms. The van der Waals surface area contributed by atoms with Gasteiger partial charge < -0.3 is 5.32 Å². The van der Waals surface area contributed by atoms with E-state index in [1.54, 1.807) is 0 Å². The van der Waals surface area contributed by atoms with E-state index in [2.05, 4.69) is 59.6 Å². The average molecular weight is 337 g/mol. The van der Waals surface area contributed by atoms with Crippen LogP contribution in [0.2, 0.25) is 0 Å². The number of thiophene rings is 1. The fourth-order valence-corrected chi connectivity index (χ4v) is 4.22. The molecule has 4 heteroatoms. The minimum atomic E-state index is 0.930. The van der Waals surface area contributed by atoms with Crippen LogP contribution >= 0.6 is 11.3 Å². The van der Waals surface area contributed by atoms with Crippen molar-refractivity contribution in [3.63, 3.8) is 0 Å². The van der Waals surface area contributed by atoms with Gasteiger partial charge in [0, 0.05) is 23.4 Å². The highest BCUT2D eigenvalue weighted by Crippen LogP contribution is 2.31. The largest absolute Gasteiger partial charge is 0.370 e. The summed E-state index contributed by atoms with van der Waals surface area (Å²) in [6.07, 6.45) is 4.50. The lowest BCUT2D eigenvalue weighted by Crippen LogP contribution is -2.08. The van der Waals surface area contributed by atoms with Gasteiger partial charge in [0.25, 0.3) is 0 Å². The second kappa shape index (κ2) is 6.44. The molecule has 124 valence electrons. The lowest BCUT2D eigenvalue weighted by Gasteiger charge is -2.12. The van der Waals surface area contributed by atoms with Crippen LogP contribution in [0.1, 0.15) is 40.1 Å². The smallest absolute Gasteiger partial charge is 0.133 e. The Morgan fingerprint density at radius 3 is 2.92 bits per heavy atom. The van der Waals surface area contributed by atoms with E-state index in [4.69, 9.17) is 5.10 Å². The molecule has 0 saturated carbocycles. The summed E-state index contributed by atoms with van der Waals surface area (Å²) in [4.78, 5) is 1.38. The lowest BCUT2D eigenvalue weighted by atomic mass is 10.1. The van der Waals surface area contributed by atoms with Gasteiger partial charge in [0.15, 0.2) is 0 Å². The van der Waals surface area contributed by atoms with Crippen molar-refractivity contribution in [2.45, 2.75) is 39.5 Å². The van der Waals surface area contributed by atoms with E-state index in [0.717, 1.165) is 19.4 Å². The number of aryl methyl sites for hydroxylation is 2. The van der Waals surface area contributed by atoms with Crippen LogP contribution in [-0.4, -0.2) is 16.3 Å². The number of nitrogens with zero attached hydrogens (tertiary/aromatic N) is 2. The lowest BCUT2D eigenvalue weighted by molar-refractivity contribution is 0.767. The van der Waals surface area contributed by atoms with Crippen molar-refractivity contribution in [3.8, 4) is 5.69 Å². The summed E-state index contributed by atoms with van der Waals surface area (Å²) in [6.45, 7) is 5.34. The summed E-state index contributed by atoms with van der Waals surface area (Å²) >= 11 is 1.81. The first kappa shape index (κ1) is 15.5. The first-order chi connectivity index (χ1) is 11.7. The maximum atomic E-state index is 5.03. The van der Waals surface area contributed by atoms with Crippen molar-refractivity contribution in [3.05, 3.63) is 63.0 Å². The van der Waals surface area contributed by atoms with Gasteiger partial charge >= 0.3 is 0 Å². The first-order valence-electron chi connectivity index (χ1n) is 8.67. The first-order valence-corrected chi connectivity index (χ1v) is 9.55. The topological polar surface area (TPSA) is 29.9 Å². The summed E-state index contributed by atoms with van der Waals surface area (Å²) in [5.74, 6) is 1.20. The molecule has 1 aliphatic heterocycles. The zero-order chi connectivity index (χ0) is 16.5. The Balaban J connectivity index is 1.83. The molecule has 0 radical (unpaired) electrons. The number of fused-ring (bicyclic) bond motifs is 1. The highest BCUT2D eigenvalue weighted by molar-refractivity contribution is 7.09. The van der Waals surface area contributed by atoms with E-state index in [0.29, 0.717) is 0 Å². The van der Waals surface area contributed by atoms with Crippen LogP contribution in [-0.2, 0) is 12.8 Å². The Labute approximate surface area is 147 Å². The Hall–Kier alpha value is -2.07. The van der Waals surface area contributed by atoms with E-state index >= 15 is 0 Å². The molecule has 0 bridgehead atoms. The summed E-state index contributed by atoms with van der Waals surface area (Å²) in [5.41, 5.74) is 6.38. The fourth-order valence-electron chi connectivity index (χ4n) is 3.51. The van der Waals surface area contributed by atoms with E-state index in [9.17, 15) is 0 Å². The van der Waals surface area contributed by atoms with Crippen LogP contribution in [0.3, 0.4) is 0 Å². The molecule has 0 saturated heterocycles. The van der Waals surface area contributed by atoms with Crippen molar-refractivity contribution in [1.29, 1.82) is 0 Å². The van der Waals surface area contributed by atoms with Gasteiger partial charge in [-0.1, -0.05) is 23.8 Å². The third kappa shape index (κ3) is 2.86. The number of nitrogens with one attached hydrogen (secondary N) is 1. The second-order valence-electron chi connectivity index (χ2n) is 6.62. The standard InChI is InChI=1S/C20H23N3S/c1-14-8-9-19(15(2)12-14)23-20-17(7-3-4-10-21-20)18(22-23)13-16-6-5-11-24-16/h5-6,8-9,11-12,21H,3-4,7,10,13H2,1-2H3. The van der Waals surface area contributed by atoms with Gasteiger partial charge in [-0.15, -0.1) is 11.3 Å². The van der Waals surface area contributed by atoms with Gasteiger partial charge in [0.1, 0.15) is 5.82 Å². The third-order valence-corrected chi connectivity index (χ3v) is 5.59. The molecule has 0 fully saturated rings. The number of benzene rings is 1. The van der Waals surface area contributed by atoms with Crippen molar-refractivity contribution < 1.29 is 0 Å². The number of anilines is 1. The molecule has 0 unspecified atom stereocenters. The van der Waals surface area contributed by atoms with Gasteiger partial charge in [0.05, 0.1) is 11.4 Å². The van der Waals surface area contributed by atoms with Crippen LogP contribution in [0.15, 0.2) is 35.7 Å². The molecular formula is C20H23N3S. The number of aromatic nitrogens is 2. The van der Waals surface area contributed by atoms with Crippen molar-refractivity contribution in [2.75, 3.05) is 11.9 Å². The molecule has 3 nitrogen and oxygen atoms in total. The molecular weight excluding hydrogens is 314 g/mol. The van der Waals surface area contributed by atoms with Crippen LogP contribution in [0, 0.1) is 13.8 Å². The van der Waals surface area contributed by atoms with Gasteiger partial charge in [0.2, 0.25) is 0 Å². The van der Waals surface area contributed by atoms with Gasteiger partial charge in [-0.05, 0) is 56.2 Å². The Morgan fingerprint density at radius 1 is 1.21 bits per heavy atom.